The number of pyridine rings is 2. The van der Waals surface area contributed by atoms with Gasteiger partial charge >= 0.3 is 0 Å². The Labute approximate surface area is 203 Å². The van der Waals surface area contributed by atoms with E-state index in [1.807, 2.05) is 60.9 Å². The molecular formula is C30H16N6. The minimum atomic E-state index is 0.777. The zero-order valence-corrected chi connectivity index (χ0v) is 18.9. The standard InChI is InChI=1S/C16H8N4.C14H8N2/c1-2-9-10-4-6-17-16-15(10)11(5-7-18-16)12-8-19-20-13(3-1)14(9)12;1-3-9-7-8-10-4-2-6-12-14(10)13(9)11(5-1)15-16-12/h1-8H;1-8H. The van der Waals surface area contributed by atoms with Crippen LogP contribution >= 0.6 is 0 Å². The molecule has 9 aromatic rings. The topological polar surface area (TPSA) is 77.3 Å². The Morgan fingerprint density at radius 3 is 1.64 bits per heavy atom. The van der Waals surface area contributed by atoms with Gasteiger partial charge in [-0.25, -0.2) is 9.97 Å². The van der Waals surface area contributed by atoms with Crippen molar-refractivity contribution in [3.63, 3.8) is 0 Å². The van der Waals surface area contributed by atoms with Gasteiger partial charge in [-0.1, -0.05) is 48.5 Å². The van der Waals surface area contributed by atoms with Crippen molar-refractivity contribution >= 4 is 76.1 Å². The monoisotopic (exact) mass is 460 g/mol. The minimum Gasteiger partial charge on any atom is -0.237 e. The minimum absolute atomic E-state index is 0.777. The molecule has 0 aliphatic rings. The van der Waals surface area contributed by atoms with E-state index in [1.54, 1.807) is 6.20 Å². The highest BCUT2D eigenvalue weighted by molar-refractivity contribution is 6.31. The summed E-state index contributed by atoms with van der Waals surface area (Å²) < 4.78 is 0. The summed E-state index contributed by atoms with van der Waals surface area (Å²) in [6.45, 7) is 0. The van der Waals surface area contributed by atoms with E-state index >= 15 is 0 Å². The maximum Gasteiger partial charge on any atom is 0.160 e. The molecule has 0 spiro atoms. The number of aromatic nitrogens is 6. The van der Waals surface area contributed by atoms with Gasteiger partial charge in [-0.2, -0.15) is 10.2 Å². The van der Waals surface area contributed by atoms with Crippen LogP contribution in [-0.2, 0) is 0 Å². The van der Waals surface area contributed by atoms with Crippen molar-refractivity contribution in [1.29, 1.82) is 0 Å². The Hall–Kier alpha value is -5.10. The molecule has 0 fully saturated rings. The summed E-state index contributed by atoms with van der Waals surface area (Å²) in [5.74, 6) is 0. The molecule has 0 bridgehead atoms. The Morgan fingerprint density at radius 2 is 0.972 bits per heavy atom. The molecule has 0 atom stereocenters. The number of benzene rings is 5. The summed E-state index contributed by atoms with van der Waals surface area (Å²) in [5, 5.41) is 28.7. The lowest BCUT2D eigenvalue weighted by molar-refractivity contribution is 1.09. The number of rotatable bonds is 0. The van der Waals surface area contributed by atoms with Crippen LogP contribution in [0, 0.1) is 0 Å². The lowest BCUT2D eigenvalue weighted by Gasteiger charge is -2.11. The highest BCUT2D eigenvalue weighted by Gasteiger charge is 2.14. The van der Waals surface area contributed by atoms with Crippen LogP contribution < -0.4 is 0 Å². The quantitative estimate of drug-likeness (QED) is 0.185. The van der Waals surface area contributed by atoms with Crippen LogP contribution in [-0.4, -0.2) is 30.4 Å². The summed E-state index contributed by atoms with van der Waals surface area (Å²) >= 11 is 0. The molecule has 0 amide bonds. The lowest BCUT2D eigenvalue weighted by atomic mass is 9.95. The molecule has 0 aliphatic heterocycles. The van der Waals surface area contributed by atoms with Crippen molar-refractivity contribution < 1.29 is 0 Å². The van der Waals surface area contributed by atoms with Crippen molar-refractivity contribution in [3.8, 4) is 0 Å². The molecular weight excluding hydrogens is 444 g/mol. The first-order valence-corrected chi connectivity index (χ1v) is 11.7. The summed E-state index contributed by atoms with van der Waals surface area (Å²) in [5.41, 5.74) is 3.65. The summed E-state index contributed by atoms with van der Waals surface area (Å²) in [4.78, 5) is 8.75. The second-order valence-corrected chi connectivity index (χ2v) is 8.89. The van der Waals surface area contributed by atoms with E-state index in [1.165, 1.54) is 32.3 Å². The first-order chi connectivity index (χ1) is 17.9. The third-order valence-electron chi connectivity index (χ3n) is 6.99. The van der Waals surface area contributed by atoms with Crippen molar-refractivity contribution in [3.05, 3.63) is 97.5 Å². The van der Waals surface area contributed by atoms with Crippen LogP contribution in [0.1, 0.15) is 0 Å². The Balaban J connectivity index is 0.000000117. The molecule has 0 unspecified atom stereocenters. The van der Waals surface area contributed by atoms with Crippen LogP contribution in [0.4, 0.5) is 0 Å². The largest absolute Gasteiger partial charge is 0.237 e. The normalized spacial score (nSPS) is 11.9. The molecule has 9 rings (SSSR count). The molecule has 0 saturated heterocycles. The van der Waals surface area contributed by atoms with E-state index in [4.69, 9.17) is 0 Å². The molecule has 6 heteroatoms. The summed E-state index contributed by atoms with van der Waals surface area (Å²) in [7, 11) is 0. The maximum atomic E-state index is 4.37. The van der Waals surface area contributed by atoms with Gasteiger partial charge in [0.1, 0.15) is 0 Å². The van der Waals surface area contributed by atoms with Gasteiger partial charge in [0, 0.05) is 39.3 Å². The summed E-state index contributed by atoms with van der Waals surface area (Å²) in [6.07, 6.45) is 5.44. The van der Waals surface area contributed by atoms with Gasteiger partial charge in [-0.05, 0) is 57.3 Å². The molecule has 4 aromatic heterocycles. The van der Waals surface area contributed by atoms with Crippen molar-refractivity contribution in [2.75, 3.05) is 0 Å². The fraction of sp³-hybridized carbons (Fsp3) is 0. The van der Waals surface area contributed by atoms with E-state index in [-0.39, 0.29) is 0 Å². The maximum absolute atomic E-state index is 4.37. The molecule has 166 valence electrons. The fourth-order valence-electron chi connectivity index (χ4n) is 5.47. The van der Waals surface area contributed by atoms with E-state index < -0.39 is 0 Å². The number of hydrogen-bond donors (Lipinski definition) is 0. The van der Waals surface area contributed by atoms with Gasteiger partial charge in [0.15, 0.2) is 5.65 Å². The molecule has 4 heterocycles. The smallest absolute Gasteiger partial charge is 0.160 e. The van der Waals surface area contributed by atoms with E-state index in [2.05, 4.69) is 60.7 Å². The molecule has 5 aromatic carbocycles. The molecule has 0 aliphatic carbocycles. The van der Waals surface area contributed by atoms with Crippen LogP contribution in [0.2, 0.25) is 0 Å². The summed E-state index contributed by atoms with van der Waals surface area (Å²) in [6, 6.07) is 26.8. The lowest BCUT2D eigenvalue weighted by Crippen LogP contribution is -1.92. The number of fused-ring (bicyclic) bond motifs is 2. The SMILES string of the molecule is c1cc2ccc3cccc4nnc(c1)c2c34.c1cc2nncc3c4ccnc5nccc(c(c1)c23)c54. The van der Waals surface area contributed by atoms with Crippen LogP contribution in [0.25, 0.3) is 76.1 Å². The fourth-order valence-corrected chi connectivity index (χ4v) is 5.47. The number of hydrogen-bond acceptors (Lipinski definition) is 6. The van der Waals surface area contributed by atoms with E-state index in [9.17, 15) is 0 Å². The first kappa shape index (κ1) is 19.2. The van der Waals surface area contributed by atoms with Crippen LogP contribution in [0.3, 0.4) is 0 Å². The average Bonchev–Trinajstić information content (AvgIpc) is 2.95. The molecule has 0 saturated carbocycles. The second-order valence-electron chi connectivity index (χ2n) is 8.89. The Morgan fingerprint density at radius 1 is 0.417 bits per heavy atom. The van der Waals surface area contributed by atoms with Gasteiger partial charge in [-0.3, -0.25) is 0 Å². The van der Waals surface area contributed by atoms with Crippen molar-refractivity contribution in [2.24, 2.45) is 0 Å². The average molecular weight is 461 g/mol. The highest BCUT2D eigenvalue weighted by Crippen LogP contribution is 2.37. The predicted molar refractivity (Wildman–Crippen MR) is 145 cm³/mol. The second kappa shape index (κ2) is 7.20. The van der Waals surface area contributed by atoms with Crippen LogP contribution in [0.15, 0.2) is 97.5 Å². The Bertz CT molecular complexity index is 1920. The molecule has 0 radical (unpaired) electrons. The van der Waals surface area contributed by atoms with E-state index in [0.29, 0.717) is 0 Å². The van der Waals surface area contributed by atoms with Crippen LogP contribution in [0.5, 0.6) is 0 Å². The van der Waals surface area contributed by atoms with Gasteiger partial charge in [0.2, 0.25) is 0 Å². The Kier molecular flexibility index (Phi) is 3.85. The van der Waals surface area contributed by atoms with Gasteiger partial charge in [0.25, 0.3) is 0 Å². The van der Waals surface area contributed by atoms with E-state index in [0.717, 1.165) is 43.7 Å². The molecule has 6 nitrogen and oxygen atoms in total. The zero-order chi connectivity index (χ0) is 23.6. The van der Waals surface area contributed by atoms with Gasteiger partial charge < -0.3 is 0 Å². The third kappa shape index (κ3) is 2.61. The zero-order valence-electron chi connectivity index (χ0n) is 18.9. The third-order valence-corrected chi connectivity index (χ3v) is 6.99. The molecule has 0 N–H and O–H groups in total. The number of nitrogens with zero attached hydrogens (tertiary/aromatic N) is 6. The first-order valence-electron chi connectivity index (χ1n) is 11.7. The van der Waals surface area contributed by atoms with Crippen molar-refractivity contribution in [2.45, 2.75) is 0 Å². The molecule has 36 heavy (non-hydrogen) atoms. The predicted octanol–water partition coefficient (Wildman–Crippen LogP) is 6.69. The van der Waals surface area contributed by atoms with Gasteiger partial charge in [-0.15, -0.1) is 10.2 Å². The van der Waals surface area contributed by atoms with Gasteiger partial charge in [0.05, 0.1) is 22.7 Å². The highest BCUT2D eigenvalue weighted by atomic mass is 15.1. The van der Waals surface area contributed by atoms with Crippen molar-refractivity contribution in [1.82, 2.24) is 30.4 Å².